The summed E-state index contributed by atoms with van der Waals surface area (Å²) >= 11 is 0. The first-order chi connectivity index (χ1) is 9.99. The van der Waals surface area contributed by atoms with Crippen molar-refractivity contribution in [2.24, 2.45) is 0 Å². The van der Waals surface area contributed by atoms with Gasteiger partial charge in [-0.25, -0.2) is 0 Å². The molecule has 1 N–H and O–H groups in total. The fourth-order valence-corrected chi connectivity index (χ4v) is 3.52. The van der Waals surface area contributed by atoms with E-state index in [9.17, 15) is 5.26 Å². The van der Waals surface area contributed by atoms with Crippen LogP contribution < -0.4 is 5.32 Å². The summed E-state index contributed by atoms with van der Waals surface area (Å²) < 4.78 is 0. The number of rotatable bonds is 3. The third kappa shape index (κ3) is 2.97. The first-order valence-corrected chi connectivity index (χ1v) is 7.87. The van der Waals surface area contributed by atoms with Gasteiger partial charge in [-0.2, -0.15) is 5.26 Å². The molecule has 1 atom stereocenters. The Hall–Kier alpha value is -1.37. The Morgan fingerprint density at radius 3 is 1.90 bits per heavy atom. The molecule has 1 aliphatic heterocycles. The standard InChI is InChI=1S/C18H27N3/c1-12-13(2)15(4)18(16(5)14(12)3)17(6-7-19)21-10-8-20-9-11-21/h17,20H,6,8-11H2,1-5H3/t17-/m0/s1. The predicted octanol–water partition coefficient (Wildman–Crippen LogP) is 3.09. The van der Waals surface area contributed by atoms with Crippen LogP contribution in [0.2, 0.25) is 0 Å². The average Bonchev–Trinajstić information content (AvgIpc) is 2.51. The molecule has 1 saturated heterocycles. The number of hydrogen-bond acceptors (Lipinski definition) is 3. The fourth-order valence-electron chi connectivity index (χ4n) is 3.52. The second-order valence-corrected chi connectivity index (χ2v) is 6.20. The third-order valence-electron chi connectivity index (χ3n) is 5.27. The van der Waals surface area contributed by atoms with Crippen molar-refractivity contribution in [1.82, 2.24) is 10.2 Å². The molecule has 3 heteroatoms. The molecule has 114 valence electrons. The van der Waals surface area contributed by atoms with E-state index < -0.39 is 0 Å². The first-order valence-electron chi connectivity index (χ1n) is 7.87. The van der Waals surface area contributed by atoms with Crippen LogP contribution in [0.15, 0.2) is 0 Å². The molecule has 1 aliphatic rings. The van der Waals surface area contributed by atoms with Crippen LogP contribution >= 0.6 is 0 Å². The molecule has 1 heterocycles. The van der Waals surface area contributed by atoms with Gasteiger partial charge in [0.15, 0.2) is 0 Å². The van der Waals surface area contributed by atoms with Crippen LogP contribution in [0.25, 0.3) is 0 Å². The second kappa shape index (κ2) is 6.60. The Kier molecular flexibility index (Phi) is 5.03. The number of nitriles is 1. The topological polar surface area (TPSA) is 39.1 Å². The van der Waals surface area contributed by atoms with Crippen LogP contribution in [0.4, 0.5) is 0 Å². The van der Waals surface area contributed by atoms with Crippen molar-refractivity contribution in [3.63, 3.8) is 0 Å². The Morgan fingerprint density at radius 1 is 0.952 bits per heavy atom. The Balaban J connectivity index is 2.52. The molecule has 0 aromatic heterocycles. The largest absolute Gasteiger partial charge is 0.314 e. The minimum atomic E-state index is 0.232. The van der Waals surface area contributed by atoms with Gasteiger partial charge >= 0.3 is 0 Å². The summed E-state index contributed by atoms with van der Waals surface area (Å²) in [6.07, 6.45) is 0.573. The highest BCUT2D eigenvalue weighted by Gasteiger charge is 2.26. The normalized spacial score (nSPS) is 17.5. The molecular weight excluding hydrogens is 258 g/mol. The van der Waals surface area contributed by atoms with Gasteiger partial charge in [0.25, 0.3) is 0 Å². The van der Waals surface area contributed by atoms with Crippen molar-refractivity contribution >= 4 is 0 Å². The maximum Gasteiger partial charge on any atom is 0.0641 e. The zero-order valence-corrected chi connectivity index (χ0v) is 14.0. The Bertz CT molecular complexity index is 534. The molecule has 1 aromatic rings. The molecule has 21 heavy (non-hydrogen) atoms. The summed E-state index contributed by atoms with van der Waals surface area (Å²) in [4.78, 5) is 2.48. The summed E-state index contributed by atoms with van der Waals surface area (Å²) in [7, 11) is 0. The number of nitrogens with zero attached hydrogens (tertiary/aromatic N) is 2. The molecule has 0 bridgehead atoms. The minimum Gasteiger partial charge on any atom is -0.314 e. The lowest BCUT2D eigenvalue weighted by Gasteiger charge is -2.36. The molecule has 0 aliphatic carbocycles. The van der Waals surface area contributed by atoms with Gasteiger partial charge in [-0.1, -0.05) is 0 Å². The molecule has 0 radical (unpaired) electrons. The van der Waals surface area contributed by atoms with E-state index in [0.29, 0.717) is 6.42 Å². The van der Waals surface area contributed by atoms with Crippen molar-refractivity contribution in [2.45, 2.75) is 47.1 Å². The lowest BCUT2D eigenvalue weighted by molar-refractivity contribution is 0.174. The Morgan fingerprint density at radius 2 is 1.43 bits per heavy atom. The highest BCUT2D eigenvalue weighted by atomic mass is 15.2. The molecule has 0 saturated carbocycles. The molecule has 0 spiro atoms. The van der Waals surface area contributed by atoms with Crippen molar-refractivity contribution in [3.8, 4) is 6.07 Å². The number of piperazine rings is 1. The van der Waals surface area contributed by atoms with E-state index >= 15 is 0 Å². The summed E-state index contributed by atoms with van der Waals surface area (Å²) in [5.74, 6) is 0. The van der Waals surface area contributed by atoms with Gasteiger partial charge in [-0.3, -0.25) is 4.90 Å². The zero-order valence-electron chi connectivity index (χ0n) is 14.0. The van der Waals surface area contributed by atoms with Crippen LogP contribution in [0.3, 0.4) is 0 Å². The van der Waals surface area contributed by atoms with E-state index in [1.54, 1.807) is 0 Å². The number of benzene rings is 1. The number of hydrogen-bond donors (Lipinski definition) is 1. The molecule has 2 rings (SSSR count). The van der Waals surface area contributed by atoms with Crippen LogP contribution in [-0.2, 0) is 0 Å². The van der Waals surface area contributed by atoms with Gasteiger partial charge in [0.05, 0.1) is 12.5 Å². The smallest absolute Gasteiger partial charge is 0.0641 e. The van der Waals surface area contributed by atoms with E-state index in [0.717, 1.165) is 26.2 Å². The van der Waals surface area contributed by atoms with Crippen molar-refractivity contribution in [2.75, 3.05) is 26.2 Å². The summed E-state index contributed by atoms with van der Waals surface area (Å²) in [6, 6.07) is 2.64. The van der Waals surface area contributed by atoms with Crippen molar-refractivity contribution in [3.05, 3.63) is 33.4 Å². The molecular formula is C18H27N3. The SMILES string of the molecule is Cc1c(C)c(C)c([C@H](CC#N)N2CCNCC2)c(C)c1C. The monoisotopic (exact) mass is 285 g/mol. The summed E-state index contributed by atoms with van der Waals surface area (Å²) in [5, 5.41) is 12.7. The van der Waals surface area contributed by atoms with Crippen molar-refractivity contribution in [1.29, 1.82) is 5.26 Å². The highest BCUT2D eigenvalue weighted by molar-refractivity contribution is 5.51. The van der Waals surface area contributed by atoms with Gasteiger partial charge in [0.2, 0.25) is 0 Å². The van der Waals surface area contributed by atoms with Crippen LogP contribution in [0.1, 0.15) is 45.8 Å². The molecule has 1 fully saturated rings. The average molecular weight is 285 g/mol. The van der Waals surface area contributed by atoms with E-state index in [1.807, 2.05) is 0 Å². The minimum absolute atomic E-state index is 0.232. The molecule has 0 unspecified atom stereocenters. The maximum absolute atomic E-state index is 9.31. The molecule has 0 amide bonds. The maximum atomic E-state index is 9.31. The van der Waals surface area contributed by atoms with Gasteiger partial charge in [0, 0.05) is 32.2 Å². The van der Waals surface area contributed by atoms with Gasteiger partial charge in [0.1, 0.15) is 0 Å². The van der Waals surface area contributed by atoms with Crippen LogP contribution in [0, 0.1) is 45.9 Å². The second-order valence-electron chi connectivity index (χ2n) is 6.20. The van der Waals surface area contributed by atoms with E-state index in [2.05, 4.69) is 50.9 Å². The predicted molar refractivity (Wildman–Crippen MR) is 87.5 cm³/mol. The zero-order chi connectivity index (χ0) is 15.6. The van der Waals surface area contributed by atoms with Crippen molar-refractivity contribution < 1.29 is 0 Å². The lowest BCUT2D eigenvalue weighted by atomic mass is 9.85. The van der Waals surface area contributed by atoms with Gasteiger partial charge in [-0.15, -0.1) is 0 Å². The van der Waals surface area contributed by atoms with E-state index in [4.69, 9.17) is 0 Å². The molecule has 1 aromatic carbocycles. The van der Waals surface area contributed by atoms with Crippen LogP contribution in [-0.4, -0.2) is 31.1 Å². The molecule has 3 nitrogen and oxygen atoms in total. The van der Waals surface area contributed by atoms with E-state index in [1.165, 1.54) is 33.4 Å². The quantitative estimate of drug-likeness (QED) is 0.927. The summed E-state index contributed by atoms with van der Waals surface area (Å²) in [6.45, 7) is 15.2. The third-order valence-corrected chi connectivity index (χ3v) is 5.27. The number of nitrogens with one attached hydrogen (secondary N) is 1. The van der Waals surface area contributed by atoms with Gasteiger partial charge < -0.3 is 5.32 Å². The fraction of sp³-hybridized carbons (Fsp3) is 0.611. The summed E-state index contributed by atoms with van der Waals surface area (Å²) in [5.41, 5.74) is 8.28. The highest BCUT2D eigenvalue weighted by Crippen LogP contribution is 2.35. The van der Waals surface area contributed by atoms with E-state index in [-0.39, 0.29) is 6.04 Å². The Labute approximate surface area is 129 Å². The lowest BCUT2D eigenvalue weighted by Crippen LogP contribution is -2.45. The first kappa shape index (κ1) is 16.0. The van der Waals surface area contributed by atoms with Crippen LogP contribution in [0.5, 0.6) is 0 Å². The van der Waals surface area contributed by atoms with Gasteiger partial charge in [-0.05, 0) is 68.0 Å².